The summed E-state index contributed by atoms with van der Waals surface area (Å²) in [6, 6.07) is 0.397. The highest BCUT2D eigenvalue weighted by molar-refractivity contribution is 4.94. The van der Waals surface area contributed by atoms with Gasteiger partial charge >= 0.3 is 0 Å². The average molecular weight is 269 g/mol. The summed E-state index contributed by atoms with van der Waals surface area (Å²) in [4.78, 5) is 4.46. The maximum Gasteiger partial charge on any atom is 0.228 e. The van der Waals surface area contributed by atoms with Crippen molar-refractivity contribution in [3.8, 4) is 0 Å². The lowest BCUT2D eigenvalue weighted by Crippen LogP contribution is -2.31. The van der Waals surface area contributed by atoms with Crippen molar-refractivity contribution < 1.29 is 9.26 Å². The molecular weight excluding hydrogens is 242 g/mol. The summed E-state index contributed by atoms with van der Waals surface area (Å²) in [5, 5.41) is 7.52. The summed E-state index contributed by atoms with van der Waals surface area (Å²) in [6.45, 7) is 9.52. The topological polar surface area (TPSA) is 60.2 Å². The van der Waals surface area contributed by atoms with Crippen LogP contribution < -0.4 is 5.32 Å². The van der Waals surface area contributed by atoms with Gasteiger partial charge in [-0.25, -0.2) is 0 Å². The Morgan fingerprint density at radius 3 is 2.58 bits per heavy atom. The Balaban J connectivity index is 2.62. The number of nitrogens with one attached hydrogen (secondary N) is 1. The standard InChI is InChI=1S/C14H27N3O2/c1-6-8-15-11(7-2)9-12-16-14(17-19-12)13(18-5)10(3)4/h10-11,13,15H,6-9H2,1-5H3. The number of ether oxygens (including phenoxy) is 1. The first-order valence-corrected chi connectivity index (χ1v) is 7.20. The first-order chi connectivity index (χ1) is 9.12. The highest BCUT2D eigenvalue weighted by atomic mass is 16.5. The van der Waals surface area contributed by atoms with E-state index in [1.807, 2.05) is 0 Å². The number of methoxy groups -OCH3 is 1. The molecule has 0 aliphatic carbocycles. The molecule has 0 aliphatic heterocycles. The van der Waals surface area contributed by atoms with Crippen LogP contribution in [0.5, 0.6) is 0 Å². The highest BCUT2D eigenvalue weighted by Crippen LogP contribution is 2.22. The van der Waals surface area contributed by atoms with Crippen LogP contribution >= 0.6 is 0 Å². The first-order valence-electron chi connectivity index (χ1n) is 7.20. The van der Waals surface area contributed by atoms with Crippen LogP contribution in [0.2, 0.25) is 0 Å². The number of hydrogen-bond acceptors (Lipinski definition) is 5. The predicted octanol–water partition coefficient (Wildman–Crippen LogP) is 2.73. The molecule has 0 saturated carbocycles. The number of rotatable bonds is 9. The molecule has 0 amide bonds. The van der Waals surface area contributed by atoms with E-state index in [0.717, 1.165) is 25.8 Å². The Labute approximate surface area is 116 Å². The molecule has 0 bridgehead atoms. The van der Waals surface area contributed by atoms with Crippen LogP contribution in [0.25, 0.3) is 0 Å². The van der Waals surface area contributed by atoms with Gasteiger partial charge in [0.15, 0.2) is 0 Å². The van der Waals surface area contributed by atoms with Gasteiger partial charge in [-0.2, -0.15) is 4.98 Å². The molecule has 2 unspecified atom stereocenters. The average Bonchev–Trinajstić information content (AvgIpc) is 2.83. The monoisotopic (exact) mass is 269 g/mol. The molecular formula is C14H27N3O2. The normalized spacial score (nSPS) is 14.8. The van der Waals surface area contributed by atoms with Crippen molar-refractivity contribution in [1.82, 2.24) is 15.5 Å². The smallest absolute Gasteiger partial charge is 0.228 e. The minimum atomic E-state index is -0.0961. The van der Waals surface area contributed by atoms with Crippen LogP contribution in [0.3, 0.4) is 0 Å². The van der Waals surface area contributed by atoms with Crippen LogP contribution in [-0.2, 0) is 11.2 Å². The molecule has 110 valence electrons. The lowest BCUT2D eigenvalue weighted by Gasteiger charge is -2.15. The third-order valence-electron chi connectivity index (χ3n) is 3.19. The van der Waals surface area contributed by atoms with Gasteiger partial charge in [-0.1, -0.05) is 32.9 Å². The van der Waals surface area contributed by atoms with Crippen molar-refractivity contribution in [2.75, 3.05) is 13.7 Å². The van der Waals surface area contributed by atoms with Crippen molar-refractivity contribution in [2.24, 2.45) is 5.92 Å². The van der Waals surface area contributed by atoms with E-state index in [4.69, 9.17) is 9.26 Å². The molecule has 0 fully saturated rings. The molecule has 0 saturated heterocycles. The number of aromatic nitrogens is 2. The molecule has 0 spiro atoms. The largest absolute Gasteiger partial charge is 0.373 e. The molecule has 1 aromatic heterocycles. The van der Waals surface area contributed by atoms with Gasteiger partial charge in [0.25, 0.3) is 0 Å². The molecule has 0 aliphatic rings. The van der Waals surface area contributed by atoms with E-state index in [-0.39, 0.29) is 6.10 Å². The van der Waals surface area contributed by atoms with Crippen LogP contribution in [0.1, 0.15) is 58.4 Å². The van der Waals surface area contributed by atoms with Crippen LogP contribution in [0.4, 0.5) is 0 Å². The van der Waals surface area contributed by atoms with E-state index in [1.165, 1.54) is 0 Å². The Morgan fingerprint density at radius 1 is 1.32 bits per heavy atom. The zero-order valence-corrected chi connectivity index (χ0v) is 12.8. The second kappa shape index (κ2) is 8.27. The minimum absolute atomic E-state index is 0.0961. The predicted molar refractivity (Wildman–Crippen MR) is 75.0 cm³/mol. The lowest BCUT2D eigenvalue weighted by atomic mass is 10.1. The summed E-state index contributed by atoms with van der Waals surface area (Å²) in [5.41, 5.74) is 0. The van der Waals surface area contributed by atoms with E-state index in [1.54, 1.807) is 7.11 Å². The Morgan fingerprint density at radius 2 is 2.05 bits per heavy atom. The van der Waals surface area contributed by atoms with E-state index in [2.05, 4.69) is 43.2 Å². The fourth-order valence-corrected chi connectivity index (χ4v) is 2.06. The SMILES string of the molecule is CCCNC(CC)Cc1nc(C(OC)C(C)C)no1. The quantitative estimate of drug-likeness (QED) is 0.747. The van der Waals surface area contributed by atoms with Gasteiger partial charge in [0.05, 0.1) is 0 Å². The van der Waals surface area contributed by atoms with Crippen LogP contribution in [0.15, 0.2) is 4.52 Å². The molecule has 2 atom stereocenters. The summed E-state index contributed by atoms with van der Waals surface area (Å²) < 4.78 is 10.7. The van der Waals surface area contributed by atoms with Crippen molar-refractivity contribution >= 4 is 0 Å². The van der Waals surface area contributed by atoms with Gasteiger partial charge in [0, 0.05) is 19.6 Å². The molecule has 19 heavy (non-hydrogen) atoms. The van der Waals surface area contributed by atoms with E-state index in [9.17, 15) is 0 Å². The molecule has 1 N–H and O–H groups in total. The molecule has 1 aromatic rings. The van der Waals surface area contributed by atoms with E-state index in [0.29, 0.717) is 23.7 Å². The van der Waals surface area contributed by atoms with Gasteiger partial charge in [-0.05, 0) is 25.3 Å². The van der Waals surface area contributed by atoms with E-state index < -0.39 is 0 Å². The summed E-state index contributed by atoms with van der Waals surface area (Å²) in [6.07, 6.45) is 2.86. The zero-order valence-electron chi connectivity index (χ0n) is 12.8. The van der Waals surface area contributed by atoms with E-state index >= 15 is 0 Å². The fourth-order valence-electron chi connectivity index (χ4n) is 2.06. The maximum atomic E-state index is 5.41. The van der Waals surface area contributed by atoms with Crippen LogP contribution in [-0.4, -0.2) is 29.8 Å². The molecule has 0 aromatic carbocycles. The second-order valence-electron chi connectivity index (χ2n) is 5.21. The third-order valence-corrected chi connectivity index (χ3v) is 3.19. The van der Waals surface area contributed by atoms with Crippen molar-refractivity contribution in [3.05, 3.63) is 11.7 Å². The van der Waals surface area contributed by atoms with Gasteiger partial charge in [-0.15, -0.1) is 0 Å². The molecule has 1 heterocycles. The highest BCUT2D eigenvalue weighted by Gasteiger charge is 2.22. The van der Waals surface area contributed by atoms with Crippen molar-refractivity contribution in [3.63, 3.8) is 0 Å². The third kappa shape index (κ3) is 4.91. The zero-order chi connectivity index (χ0) is 14.3. The summed E-state index contributed by atoms with van der Waals surface area (Å²) in [5.74, 6) is 1.67. The van der Waals surface area contributed by atoms with Crippen molar-refractivity contribution in [2.45, 2.75) is 59.1 Å². The maximum absolute atomic E-state index is 5.41. The van der Waals surface area contributed by atoms with Gasteiger partial charge < -0.3 is 14.6 Å². The summed E-state index contributed by atoms with van der Waals surface area (Å²) >= 11 is 0. The van der Waals surface area contributed by atoms with Gasteiger partial charge in [0.2, 0.25) is 11.7 Å². The molecule has 1 rings (SSSR count). The molecule has 0 radical (unpaired) electrons. The lowest BCUT2D eigenvalue weighted by molar-refractivity contribution is 0.0555. The van der Waals surface area contributed by atoms with Crippen molar-refractivity contribution in [1.29, 1.82) is 0 Å². The summed E-state index contributed by atoms with van der Waals surface area (Å²) in [7, 11) is 1.68. The Kier molecular flexibility index (Phi) is 7.02. The van der Waals surface area contributed by atoms with Gasteiger partial charge in [0.1, 0.15) is 6.10 Å². The Bertz CT molecular complexity index is 352. The minimum Gasteiger partial charge on any atom is -0.373 e. The molecule has 5 nitrogen and oxygen atoms in total. The Hall–Kier alpha value is -0.940. The first kappa shape index (κ1) is 16.1. The fraction of sp³-hybridized carbons (Fsp3) is 0.857. The number of hydrogen-bond donors (Lipinski definition) is 1. The van der Waals surface area contributed by atoms with Crippen LogP contribution in [0, 0.1) is 5.92 Å². The van der Waals surface area contributed by atoms with Gasteiger partial charge in [-0.3, -0.25) is 0 Å². The second-order valence-corrected chi connectivity index (χ2v) is 5.21. The number of nitrogens with zero attached hydrogens (tertiary/aromatic N) is 2. The molecule has 5 heteroatoms.